The molecule has 1 fully saturated rings. The minimum atomic E-state index is 0.152. The number of hydrogen-bond acceptors (Lipinski definition) is 9. The molecular weight excluding hydrogens is 581 g/mol. The van der Waals surface area contributed by atoms with Crippen LogP contribution in [0.4, 0.5) is 11.4 Å². The van der Waals surface area contributed by atoms with Crippen molar-refractivity contribution < 1.29 is 23.7 Å². The van der Waals surface area contributed by atoms with Crippen LogP contribution in [0.15, 0.2) is 30.5 Å². The summed E-state index contributed by atoms with van der Waals surface area (Å²) < 4.78 is 22.4. The maximum atomic E-state index is 12.3. The molecule has 12 heteroatoms. The van der Waals surface area contributed by atoms with Crippen LogP contribution in [0.5, 0.6) is 17.2 Å². The van der Waals surface area contributed by atoms with Crippen LogP contribution in [0.25, 0.3) is 10.9 Å². The number of nitriles is 1. The number of rotatable bonds is 13. The number of amides is 1. The summed E-state index contributed by atoms with van der Waals surface area (Å²) in [5.41, 5.74) is 2.00. The lowest BCUT2D eigenvalue weighted by Crippen LogP contribution is -2.49. The van der Waals surface area contributed by atoms with Gasteiger partial charge in [-0.25, -0.2) is 0 Å². The number of carbonyl (C=O) groups is 1. The van der Waals surface area contributed by atoms with Gasteiger partial charge in [0.1, 0.15) is 11.8 Å². The quantitative estimate of drug-likeness (QED) is 0.249. The summed E-state index contributed by atoms with van der Waals surface area (Å²) in [7, 11) is 3.08. The van der Waals surface area contributed by atoms with E-state index in [1.807, 2.05) is 11.8 Å². The van der Waals surface area contributed by atoms with Gasteiger partial charge in [0.25, 0.3) is 0 Å². The first-order chi connectivity index (χ1) is 20.4. The highest BCUT2D eigenvalue weighted by Gasteiger charge is 2.21. The van der Waals surface area contributed by atoms with Gasteiger partial charge in [-0.1, -0.05) is 23.2 Å². The third-order valence-electron chi connectivity index (χ3n) is 7.04. The van der Waals surface area contributed by atoms with Crippen LogP contribution in [0.3, 0.4) is 0 Å². The Kier molecular flexibility index (Phi) is 11.3. The van der Waals surface area contributed by atoms with Crippen LogP contribution in [0, 0.1) is 11.3 Å². The molecule has 0 bridgehead atoms. The first kappa shape index (κ1) is 31.4. The van der Waals surface area contributed by atoms with E-state index in [2.05, 4.69) is 21.3 Å². The number of benzene rings is 2. The van der Waals surface area contributed by atoms with Gasteiger partial charge in [-0.15, -0.1) is 0 Å². The average molecular weight is 617 g/mol. The zero-order chi connectivity index (χ0) is 30.1. The highest BCUT2D eigenvalue weighted by atomic mass is 35.5. The van der Waals surface area contributed by atoms with Gasteiger partial charge in [0, 0.05) is 63.0 Å². The van der Waals surface area contributed by atoms with Gasteiger partial charge in [-0.2, -0.15) is 5.26 Å². The number of nitrogens with zero attached hydrogens (tertiary/aromatic N) is 4. The lowest BCUT2D eigenvalue weighted by molar-refractivity contribution is -0.134. The fourth-order valence-corrected chi connectivity index (χ4v) is 5.27. The monoisotopic (exact) mass is 615 g/mol. The Balaban J connectivity index is 1.40. The van der Waals surface area contributed by atoms with Gasteiger partial charge in [0.15, 0.2) is 11.5 Å². The zero-order valence-electron chi connectivity index (χ0n) is 24.0. The molecule has 3 aromatic rings. The van der Waals surface area contributed by atoms with Crippen molar-refractivity contribution in [2.45, 2.75) is 19.8 Å². The molecule has 1 aromatic heterocycles. The third kappa shape index (κ3) is 7.66. The van der Waals surface area contributed by atoms with Crippen LogP contribution in [-0.4, -0.2) is 87.5 Å². The molecule has 1 aliphatic rings. The van der Waals surface area contributed by atoms with Gasteiger partial charge in [0.05, 0.1) is 66.4 Å². The summed E-state index contributed by atoms with van der Waals surface area (Å²) in [6.45, 7) is 7.50. The Morgan fingerprint density at radius 3 is 2.48 bits per heavy atom. The Labute approximate surface area is 256 Å². The van der Waals surface area contributed by atoms with Crippen LogP contribution >= 0.6 is 23.2 Å². The molecule has 42 heavy (non-hydrogen) atoms. The van der Waals surface area contributed by atoms with E-state index in [-0.39, 0.29) is 5.91 Å². The van der Waals surface area contributed by atoms with Gasteiger partial charge < -0.3 is 29.2 Å². The van der Waals surface area contributed by atoms with Gasteiger partial charge >= 0.3 is 0 Å². The second-order valence-electron chi connectivity index (χ2n) is 9.64. The van der Waals surface area contributed by atoms with E-state index in [0.29, 0.717) is 81.4 Å². The Hall–Kier alpha value is -3.49. The summed E-state index contributed by atoms with van der Waals surface area (Å²) in [6.07, 6.45) is 2.75. The molecule has 224 valence electrons. The van der Waals surface area contributed by atoms with Crippen molar-refractivity contribution in [3.8, 4) is 23.3 Å². The number of piperazine rings is 1. The zero-order valence-corrected chi connectivity index (χ0v) is 25.6. The second-order valence-corrected chi connectivity index (χ2v) is 10.5. The van der Waals surface area contributed by atoms with Crippen molar-refractivity contribution in [1.29, 1.82) is 5.26 Å². The van der Waals surface area contributed by atoms with E-state index >= 15 is 0 Å². The number of aromatic nitrogens is 1. The normalized spacial score (nSPS) is 13.6. The molecule has 0 unspecified atom stereocenters. The van der Waals surface area contributed by atoms with Gasteiger partial charge in [0.2, 0.25) is 5.91 Å². The molecule has 1 N–H and O–H groups in total. The number of anilines is 2. The van der Waals surface area contributed by atoms with Crippen molar-refractivity contribution in [3.63, 3.8) is 0 Å². The Morgan fingerprint density at radius 1 is 1.02 bits per heavy atom. The average Bonchev–Trinajstić information content (AvgIpc) is 3.00. The molecule has 0 radical (unpaired) electrons. The van der Waals surface area contributed by atoms with Crippen molar-refractivity contribution >= 4 is 51.4 Å². The number of pyridine rings is 1. The molecule has 0 atom stereocenters. The predicted molar refractivity (Wildman–Crippen MR) is 164 cm³/mol. The van der Waals surface area contributed by atoms with Crippen molar-refractivity contribution in [1.82, 2.24) is 14.8 Å². The van der Waals surface area contributed by atoms with Crippen molar-refractivity contribution in [3.05, 3.63) is 46.1 Å². The van der Waals surface area contributed by atoms with Crippen LogP contribution in [-0.2, 0) is 9.53 Å². The minimum Gasteiger partial charge on any atom is -0.495 e. The maximum Gasteiger partial charge on any atom is 0.224 e. The second kappa shape index (κ2) is 15.1. The molecule has 0 saturated carbocycles. The van der Waals surface area contributed by atoms with E-state index in [1.165, 1.54) is 13.3 Å². The van der Waals surface area contributed by atoms with E-state index in [4.69, 9.17) is 42.1 Å². The number of methoxy groups -OCH3 is 2. The standard InChI is InChI=1S/C30H35Cl2N5O5/c1-4-41-13-6-29(38)37-10-8-36(9-11-37)7-5-12-42-28-16-24-21(14-27(28)40-3)30(20(18-33)19-34-24)35-25-17-26(39-2)23(32)15-22(25)31/h14-17,19H,4-13H2,1-3H3,(H,34,35). The van der Waals surface area contributed by atoms with E-state index in [1.54, 1.807) is 31.4 Å². The number of hydrogen-bond donors (Lipinski definition) is 1. The molecule has 2 heterocycles. The maximum absolute atomic E-state index is 12.3. The van der Waals surface area contributed by atoms with E-state index in [0.717, 1.165) is 39.1 Å². The van der Waals surface area contributed by atoms with Crippen molar-refractivity contribution in [2.75, 3.05) is 72.1 Å². The van der Waals surface area contributed by atoms with E-state index in [9.17, 15) is 10.1 Å². The third-order valence-corrected chi connectivity index (χ3v) is 7.65. The molecule has 1 saturated heterocycles. The number of fused-ring (bicyclic) bond motifs is 1. The van der Waals surface area contributed by atoms with Crippen molar-refractivity contribution in [2.24, 2.45) is 0 Å². The summed E-state index contributed by atoms with van der Waals surface area (Å²) in [5, 5.41) is 14.5. The van der Waals surface area contributed by atoms with Gasteiger partial charge in [-0.3, -0.25) is 14.7 Å². The van der Waals surface area contributed by atoms with Gasteiger partial charge in [-0.05, 0) is 25.5 Å². The SMILES string of the molecule is CCOCCC(=O)N1CCN(CCCOc2cc3ncc(C#N)c(Nc4cc(OC)c(Cl)cc4Cl)c3cc2OC)CC1. The predicted octanol–water partition coefficient (Wildman–Crippen LogP) is 5.51. The first-order valence-electron chi connectivity index (χ1n) is 13.8. The number of ether oxygens (including phenoxy) is 4. The summed E-state index contributed by atoms with van der Waals surface area (Å²) in [4.78, 5) is 21.0. The lowest BCUT2D eigenvalue weighted by atomic mass is 10.1. The molecule has 0 aliphatic carbocycles. The molecule has 1 amide bonds. The Bertz CT molecular complexity index is 1440. The molecule has 10 nitrogen and oxygen atoms in total. The molecule has 0 spiro atoms. The highest BCUT2D eigenvalue weighted by Crippen LogP contribution is 2.40. The largest absolute Gasteiger partial charge is 0.495 e. The number of nitrogens with one attached hydrogen (secondary N) is 1. The summed E-state index contributed by atoms with van der Waals surface area (Å²) in [5.74, 6) is 1.67. The van der Waals surface area contributed by atoms with Crippen LogP contribution < -0.4 is 19.5 Å². The fraction of sp³-hybridized carbons (Fsp3) is 0.433. The lowest BCUT2D eigenvalue weighted by Gasteiger charge is -2.34. The molecule has 4 rings (SSSR count). The Morgan fingerprint density at radius 2 is 1.79 bits per heavy atom. The smallest absolute Gasteiger partial charge is 0.224 e. The number of carbonyl (C=O) groups excluding carboxylic acids is 1. The molecule has 2 aromatic carbocycles. The summed E-state index contributed by atoms with van der Waals surface area (Å²) in [6, 6.07) is 9.03. The topological polar surface area (TPSA) is 109 Å². The van der Waals surface area contributed by atoms with Crippen LogP contribution in [0.1, 0.15) is 25.3 Å². The molecule has 1 aliphatic heterocycles. The fourth-order valence-electron chi connectivity index (χ4n) is 4.76. The molecular formula is C30H35Cl2N5O5. The van der Waals surface area contributed by atoms with E-state index < -0.39 is 0 Å². The first-order valence-corrected chi connectivity index (χ1v) is 14.6. The van der Waals surface area contributed by atoms with Crippen LogP contribution in [0.2, 0.25) is 10.0 Å². The summed E-state index contributed by atoms with van der Waals surface area (Å²) >= 11 is 12.6. The number of halogens is 2. The highest BCUT2D eigenvalue weighted by molar-refractivity contribution is 6.37. The minimum absolute atomic E-state index is 0.152.